The standard InChI is InChI=1S/C21H18F2N4O3/c22-15-5-7-16(8-6-15)27-20-18(9-25-27)21(29)26(13-24-20)10-17(28)12-30-11-14-3-1-2-4-19(14)23/h1-9,13,17,28H,10-12H2/t17-/m0/s1. The maximum absolute atomic E-state index is 13.6. The van der Waals surface area contributed by atoms with Crippen molar-refractivity contribution in [3.63, 3.8) is 0 Å². The Bertz CT molecular complexity index is 1220. The van der Waals surface area contributed by atoms with E-state index in [4.69, 9.17) is 4.74 Å². The van der Waals surface area contributed by atoms with Gasteiger partial charge in [0.25, 0.3) is 5.56 Å². The summed E-state index contributed by atoms with van der Waals surface area (Å²) < 4.78 is 34.8. The van der Waals surface area contributed by atoms with Crippen LogP contribution in [0.3, 0.4) is 0 Å². The fraction of sp³-hybridized carbons (Fsp3) is 0.190. The number of hydrogen-bond donors (Lipinski definition) is 1. The molecule has 4 aromatic rings. The van der Waals surface area contributed by atoms with Gasteiger partial charge in [0, 0.05) is 5.56 Å². The minimum Gasteiger partial charge on any atom is -0.389 e. The highest BCUT2D eigenvalue weighted by Crippen LogP contribution is 2.14. The molecule has 154 valence electrons. The fourth-order valence-corrected chi connectivity index (χ4v) is 3.05. The molecule has 0 aliphatic carbocycles. The van der Waals surface area contributed by atoms with Gasteiger partial charge in [-0.1, -0.05) is 18.2 Å². The molecule has 1 atom stereocenters. The Balaban J connectivity index is 1.45. The molecule has 0 unspecified atom stereocenters. The molecular weight excluding hydrogens is 394 g/mol. The van der Waals surface area contributed by atoms with Crippen LogP contribution in [0.4, 0.5) is 8.78 Å². The molecule has 0 amide bonds. The van der Waals surface area contributed by atoms with Gasteiger partial charge in [-0.2, -0.15) is 5.10 Å². The lowest BCUT2D eigenvalue weighted by Crippen LogP contribution is -2.29. The first-order valence-electron chi connectivity index (χ1n) is 9.21. The van der Waals surface area contributed by atoms with Crippen LogP contribution < -0.4 is 5.56 Å². The average Bonchev–Trinajstić information content (AvgIpc) is 3.17. The first kappa shape index (κ1) is 19.9. The number of nitrogens with zero attached hydrogens (tertiary/aromatic N) is 4. The van der Waals surface area contributed by atoms with Crippen LogP contribution in [0.5, 0.6) is 0 Å². The SMILES string of the molecule is O=c1c2cnn(-c3ccc(F)cc3)c2ncn1C[C@H](O)COCc1ccccc1F. The summed E-state index contributed by atoms with van der Waals surface area (Å²) in [4.78, 5) is 17.0. The fourth-order valence-electron chi connectivity index (χ4n) is 3.05. The Morgan fingerprint density at radius 3 is 2.63 bits per heavy atom. The molecule has 0 aliphatic heterocycles. The van der Waals surface area contributed by atoms with Crippen LogP contribution in [-0.4, -0.2) is 37.1 Å². The molecule has 4 rings (SSSR count). The summed E-state index contributed by atoms with van der Waals surface area (Å²) in [6.07, 6.45) is 1.71. The van der Waals surface area contributed by atoms with Crippen LogP contribution in [0.25, 0.3) is 16.7 Å². The molecule has 0 saturated carbocycles. The molecule has 0 saturated heterocycles. The zero-order valence-corrected chi connectivity index (χ0v) is 15.8. The highest BCUT2D eigenvalue weighted by molar-refractivity contribution is 5.74. The van der Waals surface area contributed by atoms with Gasteiger partial charge >= 0.3 is 0 Å². The van der Waals surface area contributed by atoms with E-state index in [0.717, 1.165) is 0 Å². The van der Waals surface area contributed by atoms with Crippen LogP contribution in [0.1, 0.15) is 5.56 Å². The number of benzene rings is 2. The predicted octanol–water partition coefficient (Wildman–Crippen LogP) is 2.44. The second kappa shape index (κ2) is 8.52. The van der Waals surface area contributed by atoms with E-state index in [0.29, 0.717) is 16.9 Å². The van der Waals surface area contributed by atoms with Gasteiger partial charge in [0.2, 0.25) is 0 Å². The van der Waals surface area contributed by atoms with E-state index in [1.165, 1.54) is 52.1 Å². The summed E-state index contributed by atoms with van der Waals surface area (Å²) in [5, 5.41) is 14.6. The van der Waals surface area contributed by atoms with E-state index in [-0.39, 0.29) is 42.3 Å². The van der Waals surface area contributed by atoms with E-state index in [1.807, 2.05) is 0 Å². The van der Waals surface area contributed by atoms with Crippen molar-refractivity contribution in [3.05, 3.63) is 88.6 Å². The first-order chi connectivity index (χ1) is 14.5. The molecular formula is C21H18F2N4O3. The molecule has 0 spiro atoms. The van der Waals surface area contributed by atoms with Crippen molar-refractivity contribution in [3.8, 4) is 5.69 Å². The second-order valence-electron chi connectivity index (χ2n) is 6.73. The lowest BCUT2D eigenvalue weighted by Gasteiger charge is -2.13. The van der Waals surface area contributed by atoms with Gasteiger partial charge < -0.3 is 9.84 Å². The predicted molar refractivity (Wildman–Crippen MR) is 105 cm³/mol. The van der Waals surface area contributed by atoms with Gasteiger partial charge in [-0.25, -0.2) is 18.4 Å². The van der Waals surface area contributed by atoms with E-state index in [9.17, 15) is 18.7 Å². The van der Waals surface area contributed by atoms with Gasteiger partial charge in [-0.3, -0.25) is 9.36 Å². The molecule has 1 N–H and O–H groups in total. The highest BCUT2D eigenvalue weighted by Gasteiger charge is 2.14. The molecule has 30 heavy (non-hydrogen) atoms. The lowest BCUT2D eigenvalue weighted by atomic mass is 10.2. The van der Waals surface area contributed by atoms with Gasteiger partial charge in [0.1, 0.15) is 23.3 Å². The van der Waals surface area contributed by atoms with Crippen molar-refractivity contribution >= 4 is 11.0 Å². The van der Waals surface area contributed by atoms with Crippen molar-refractivity contribution in [2.24, 2.45) is 0 Å². The maximum Gasteiger partial charge on any atom is 0.264 e. The van der Waals surface area contributed by atoms with E-state index in [2.05, 4.69) is 10.1 Å². The van der Waals surface area contributed by atoms with Crippen molar-refractivity contribution in [1.29, 1.82) is 0 Å². The average molecular weight is 412 g/mol. The van der Waals surface area contributed by atoms with Crippen LogP contribution >= 0.6 is 0 Å². The zero-order valence-electron chi connectivity index (χ0n) is 15.8. The first-order valence-corrected chi connectivity index (χ1v) is 9.21. The molecule has 0 bridgehead atoms. The van der Waals surface area contributed by atoms with Crippen LogP contribution in [0, 0.1) is 11.6 Å². The molecule has 9 heteroatoms. The number of rotatable bonds is 7. The number of ether oxygens (including phenoxy) is 1. The summed E-state index contributed by atoms with van der Waals surface area (Å²) in [6, 6.07) is 11.9. The van der Waals surface area contributed by atoms with Gasteiger partial charge in [0.05, 0.1) is 37.7 Å². The minimum absolute atomic E-state index is 0.0142. The van der Waals surface area contributed by atoms with E-state index >= 15 is 0 Å². The maximum atomic E-state index is 13.6. The van der Waals surface area contributed by atoms with Gasteiger partial charge in [-0.15, -0.1) is 0 Å². The molecule has 0 fully saturated rings. The Morgan fingerprint density at radius 2 is 1.87 bits per heavy atom. The van der Waals surface area contributed by atoms with Gasteiger partial charge in [-0.05, 0) is 30.3 Å². The third kappa shape index (κ3) is 4.12. The number of fused-ring (bicyclic) bond motifs is 1. The smallest absolute Gasteiger partial charge is 0.264 e. The topological polar surface area (TPSA) is 82.2 Å². The van der Waals surface area contributed by atoms with Crippen LogP contribution in [0.15, 0.2) is 65.8 Å². The monoisotopic (exact) mass is 412 g/mol. The van der Waals surface area contributed by atoms with Gasteiger partial charge in [0.15, 0.2) is 5.65 Å². The van der Waals surface area contributed by atoms with Crippen LogP contribution in [-0.2, 0) is 17.9 Å². The zero-order chi connectivity index (χ0) is 21.1. The quantitative estimate of drug-likeness (QED) is 0.504. The van der Waals surface area contributed by atoms with Crippen LogP contribution in [0.2, 0.25) is 0 Å². The van der Waals surface area contributed by atoms with E-state index < -0.39 is 6.10 Å². The number of halogens is 2. The molecule has 7 nitrogen and oxygen atoms in total. The summed E-state index contributed by atoms with van der Waals surface area (Å²) in [6.45, 7) is -0.102. The molecule has 0 aliphatic rings. The molecule has 2 aromatic carbocycles. The lowest BCUT2D eigenvalue weighted by molar-refractivity contribution is 0.0189. The molecule has 2 heterocycles. The summed E-state index contributed by atoms with van der Waals surface area (Å²) in [5.74, 6) is -0.757. The number of aliphatic hydroxyl groups excluding tert-OH is 1. The summed E-state index contributed by atoms with van der Waals surface area (Å²) in [5.41, 5.74) is 0.908. The number of hydrogen-bond acceptors (Lipinski definition) is 5. The Kier molecular flexibility index (Phi) is 5.64. The third-order valence-corrected chi connectivity index (χ3v) is 4.56. The Hall–Kier alpha value is -3.43. The Morgan fingerprint density at radius 1 is 1.10 bits per heavy atom. The molecule has 2 aromatic heterocycles. The van der Waals surface area contributed by atoms with Crippen molar-refractivity contribution < 1.29 is 18.6 Å². The van der Waals surface area contributed by atoms with Crippen molar-refractivity contribution in [1.82, 2.24) is 19.3 Å². The number of aromatic nitrogens is 4. The highest BCUT2D eigenvalue weighted by atomic mass is 19.1. The van der Waals surface area contributed by atoms with Crippen molar-refractivity contribution in [2.75, 3.05) is 6.61 Å². The minimum atomic E-state index is -0.985. The Labute approximate surface area is 169 Å². The summed E-state index contributed by atoms with van der Waals surface area (Å²) >= 11 is 0. The summed E-state index contributed by atoms with van der Waals surface area (Å²) in [7, 11) is 0. The van der Waals surface area contributed by atoms with Crippen molar-refractivity contribution in [2.45, 2.75) is 19.3 Å². The van der Waals surface area contributed by atoms with E-state index in [1.54, 1.807) is 18.2 Å². The normalized spacial score (nSPS) is 12.4. The second-order valence-corrected chi connectivity index (χ2v) is 6.73. The third-order valence-electron chi connectivity index (χ3n) is 4.56. The largest absolute Gasteiger partial charge is 0.389 e. The number of aliphatic hydroxyl groups is 1. The molecule has 0 radical (unpaired) electrons.